The maximum Gasteiger partial charge on any atom is 0.274 e. The minimum Gasteiger partial charge on any atom is -0.337 e. The molecule has 4 rings (SSSR count). The Bertz CT molecular complexity index is 702. The van der Waals surface area contributed by atoms with Gasteiger partial charge in [0.15, 0.2) is 0 Å². The van der Waals surface area contributed by atoms with Crippen LogP contribution in [0.3, 0.4) is 0 Å². The molecule has 2 aliphatic heterocycles. The Hall–Kier alpha value is -2.27. The van der Waals surface area contributed by atoms with Gasteiger partial charge in [0, 0.05) is 38.9 Å². The SMILES string of the molecule is Cc1cnc(C(=O)N2C[C@H]3CN(Cc4ccccc4)C[C@H]3C2)cn1. The molecule has 0 saturated carbocycles. The van der Waals surface area contributed by atoms with E-state index in [0.717, 1.165) is 38.4 Å². The lowest BCUT2D eigenvalue weighted by Crippen LogP contribution is -2.33. The summed E-state index contributed by atoms with van der Waals surface area (Å²) < 4.78 is 0. The van der Waals surface area contributed by atoms with Gasteiger partial charge < -0.3 is 4.90 Å². The first kappa shape index (κ1) is 15.3. The van der Waals surface area contributed by atoms with Gasteiger partial charge in [-0.3, -0.25) is 14.7 Å². The van der Waals surface area contributed by atoms with E-state index in [4.69, 9.17) is 0 Å². The van der Waals surface area contributed by atoms with Crippen molar-refractivity contribution in [1.29, 1.82) is 0 Å². The highest BCUT2D eigenvalue weighted by Gasteiger charge is 2.41. The molecule has 2 saturated heterocycles. The summed E-state index contributed by atoms with van der Waals surface area (Å²) in [6.07, 6.45) is 3.25. The van der Waals surface area contributed by atoms with Crippen molar-refractivity contribution in [3.8, 4) is 0 Å². The molecule has 0 spiro atoms. The lowest BCUT2D eigenvalue weighted by molar-refractivity contribution is 0.0767. The summed E-state index contributed by atoms with van der Waals surface area (Å²) in [7, 11) is 0. The van der Waals surface area contributed by atoms with Gasteiger partial charge in [-0.05, 0) is 24.3 Å². The molecule has 1 aromatic carbocycles. The molecule has 3 heterocycles. The zero-order valence-electron chi connectivity index (χ0n) is 13.9. The molecule has 0 N–H and O–H groups in total. The Morgan fingerprint density at radius 3 is 2.38 bits per heavy atom. The number of aromatic nitrogens is 2. The molecule has 0 bridgehead atoms. The Kier molecular flexibility index (Phi) is 4.02. The van der Waals surface area contributed by atoms with Gasteiger partial charge in [0.05, 0.1) is 11.9 Å². The van der Waals surface area contributed by atoms with Crippen LogP contribution in [0.2, 0.25) is 0 Å². The van der Waals surface area contributed by atoms with E-state index in [1.807, 2.05) is 11.8 Å². The van der Waals surface area contributed by atoms with E-state index in [2.05, 4.69) is 45.2 Å². The fourth-order valence-corrected chi connectivity index (χ4v) is 3.89. The molecule has 2 atom stereocenters. The molecule has 124 valence electrons. The number of benzene rings is 1. The monoisotopic (exact) mass is 322 g/mol. The summed E-state index contributed by atoms with van der Waals surface area (Å²) in [5.74, 6) is 1.18. The Balaban J connectivity index is 1.36. The maximum atomic E-state index is 12.6. The number of aryl methyl sites for hydroxylation is 1. The second-order valence-corrected chi connectivity index (χ2v) is 6.95. The van der Waals surface area contributed by atoms with E-state index in [1.54, 1.807) is 12.4 Å². The van der Waals surface area contributed by atoms with Crippen molar-refractivity contribution in [3.05, 3.63) is 59.7 Å². The molecule has 2 aliphatic rings. The van der Waals surface area contributed by atoms with Crippen LogP contribution >= 0.6 is 0 Å². The smallest absolute Gasteiger partial charge is 0.274 e. The number of carbonyl (C=O) groups is 1. The number of hydrogen-bond donors (Lipinski definition) is 0. The van der Waals surface area contributed by atoms with Crippen LogP contribution in [0.25, 0.3) is 0 Å². The van der Waals surface area contributed by atoms with Crippen molar-refractivity contribution in [3.63, 3.8) is 0 Å². The summed E-state index contributed by atoms with van der Waals surface area (Å²) in [6, 6.07) is 10.6. The van der Waals surface area contributed by atoms with Crippen LogP contribution in [0, 0.1) is 18.8 Å². The van der Waals surface area contributed by atoms with Gasteiger partial charge in [0.25, 0.3) is 5.91 Å². The van der Waals surface area contributed by atoms with Crippen LogP contribution in [0.4, 0.5) is 0 Å². The van der Waals surface area contributed by atoms with Crippen molar-refractivity contribution in [2.75, 3.05) is 26.2 Å². The fraction of sp³-hybridized carbons (Fsp3) is 0.421. The predicted octanol–water partition coefficient (Wildman–Crippen LogP) is 1.99. The first-order valence-corrected chi connectivity index (χ1v) is 8.53. The minimum absolute atomic E-state index is 0.0199. The number of fused-ring (bicyclic) bond motifs is 1. The topological polar surface area (TPSA) is 49.3 Å². The third-order valence-corrected chi connectivity index (χ3v) is 5.10. The largest absolute Gasteiger partial charge is 0.337 e. The Labute approximate surface area is 142 Å². The predicted molar refractivity (Wildman–Crippen MR) is 91.4 cm³/mol. The van der Waals surface area contributed by atoms with Gasteiger partial charge >= 0.3 is 0 Å². The number of carbonyl (C=O) groups excluding carboxylic acids is 1. The van der Waals surface area contributed by atoms with Crippen LogP contribution in [-0.4, -0.2) is 51.9 Å². The van der Waals surface area contributed by atoms with E-state index in [9.17, 15) is 4.79 Å². The van der Waals surface area contributed by atoms with Crippen LogP contribution in [0.15, 0.2) is 42.7 Å². The normalized spacial score (nSPS) is 23.5. The van der Waals surface area contributed by atoms with Gasteiger partial charge in [-0.15, -0.1) is 0 Å². The van der Waals surface area contributed by atoms with Crippen LogP contribution < -0.4 is 0 Å². The average Bonchev–Trinajstić information content (AvgIpc) is 3.14. The van der Waals surface area contributed by atoms with Gasteiger partial charge in [0.2, 0.25) is 0 Å². The van der Waals surface area contributed by atoms with Crippen molar-refractivity contribution in [2.45, 2.75) is 13.5 Å². The molecule has 5 heteroatoms. The Morgan fingerprint density at radius 1 is 1.04 bits per heavy atom. The minimum atomic E-state index is 0.0199. The first-order chi connectivity index (χ1) is 11.7. The van der Waals surface area contributed by atoms with Gasteiger partial charge in [-0.25, -0.2) is 4.98 Å². The van der Waals surface area contributed by atoms with E-state index >= 15 is 0 Å². The zero-order valence-corrected chi connectivity index (χ0v) is 13.9. The van der Waals surface area contributed by atoms with Crippen LogP contribution in [-0.2, 0) is 6.54 Å². The van der Waals surface area contributed by atoms with Crippen molar-refractivity contribution >= 4 is 5.91 Å². The van der Waals surface area contributed by atoms with Crippen LogP contribution in [0.1, 0.15) is 21.7 Å². The molecule has 2 fully saturated rings. The fourth-order valence-electron chi connectivity index (χ4n) is 3.89. The van der Waals surface area contributed by atoms with Crippen LogP contribution in [0.5, 0.6) is 0 Å². The molecule has 1 amide bonds. The third-order valence-electron chi connectivity index (χ3n) is 5.10. The molecule has 0 aliphatic carbocycles. The highest BCUT2D eigenvalue weighted by molar-refractivity contribution is 5.92. The molecule has 0 radical (unpaired) electrons. The molecular formula is C19H22N4O. The number of hydrogen-bond acceptors (Lipinski definition) is 4. The third kappa shape index (κ3) is 3.04. The van der Waals surface area contributed by atoms with Crippen molar-refractivity contribution in [2.24, 2.45) is 11.8 Å². The quantitative estimate of drug-likeness (QED) is 0.867. The molecule has 1 aromatic heterocycles. The number of likely N-dealkylation sites (tertiary alicyclic amines) is 2. The molecular weight excluding hydrogens is 300 g/mol. The number of rotatable bonds is 3. The lowest BCUT2D eigenvalue weighted by atomic mass is 10.0. The van der Waals surface area contributed by atoms with Gasteiger partial charge in [-0.2, -0.15) is 0 Å². The standard InChI is InChI=1S/C19H22N4O/c1-14-7-21-18(8-20-14)19(24)23-12-16-10-22(11-17(16)13-23)9-15-5-3-2-4-6-15/h2-8,16-17H,9-13H2,1H3/t16-,17+. The highest BCUT2D eigenvalue weighted by atomic mass is 16.2. The van der Waals surface area contributed by atoms with E-state index < -0.39 is 0 Å². The molecule has 0 unspecified atom stereocenters. The average molecular weight is 322 g/mol. The summed E-state index contributed by atoms with van der Waals surface area (Å²) in [5, 5.41) is 0. The highest BCUT2D eigenvalue weighted by Crippen LogP contribution is 2.32. The van der Waals surface area contributed by atoms with Crippen molar-refractivity contribution in [1.82, 2.24) is 19.8 Å². The Morgan fingerprint density at radius 2 is 1.75 bits per heavy atom. The van der Waals surface area contributed by atoms with E-state index in [-0.39, 0.29) is 5.91 Å². The lowest BCUT2D eigenvalue weighted by Gasteiger charge is -2.21. The second kappa shape index (κ2) is 6.32. The van der Waals surface area contributed by atoms with Gasteiger partial charge in [-0.1, -0.05) is 30.3 Å². The first-order valence-electron chi connectivity index (χ1n) is 8.53. The van der Waals surface area contributed by atoms with Crippen molar-refractivity contribution < 1.29 is 4.79 Å². The maximum absolute atomic E-state index is 12.6. The number of amides is 1. The summed E-state index contributed by atoms with van der Waals surface area (Å²) in [6.45, 7) is 6.70. The van der Waals surface area contributed by atoms with Gasteiger partial charge in [0.1, 0.15) is 5.69 Å². The van der Waals surface area contributed by atoms with E-state index in [0.29, 0.717) is 17.5 Å². The molecule has 5 nitrogen and oxygen atoms in total. The summed E-state index contributed by atoms with van der Waals surface area (Å²) in [5.41, 5.74) is 2.66. The number of nitrogens with zero attached hydrogens (tertiary/aromatic N) is 4. The molecule has 2 aromatic rings. The van der Waals surface area contributed by atoms with E-state index in [1.165, 1.54) is 5.56 Å². The molecule has 24 heavy (non-hydrogen) atoms. The second-order valence-electron chi connectivity index (χ2n) is 6.95. The zero-order chi connectivity index (χ0) is 16.5. The summed E-state index contributed by atoms with van der Waals surface area (Å²) >= 11 is 0. The summed E-state index contributed by atoms with van der Waals surface area (Å²) in [4.78, 5) is 25.4.